The molecule has 5 atom stereocenters. The second kappa shape index (κ2) is 13.3. The Morgan fingerprint density at radius 2 is 1.04 bits per heavy atom. The maximum atomic E-state index is 10.0. The Labute approximate surface area is 323 Å². The first-order valence-corrected chi connectivity index (χ1v) is 19.8. The van der Waals surface area contributed by atoms with Gasteiger partial charge in [-0.3, -0.25) is 0 Å². The fourth-order valence-corrected chi connectivity index (χ4v) is 10.7. The van der Waals surface area contributed by atoms with Crippen LogP contribution in [-0.4, -0.2) is 15.0 Å². The van der Waals surface area contributed by atoms with Gasteiger partial charge in [-0.2, -0.15) is 5.26 Å². The zero-order chi connectivity index (χ0) is 37.1. The first kappa shape index (κ1) is 33.4. The van der Waals surface area contributed by atoms with E-state index in [1.165, 1.54) is 53.5 Å². The summed E-state index contributed by atoms with van der Waals surface area (Å²) in [5.41, 5.74) is 13.7. The normalized spacial score (nSPS) is 22.1. The summed E-state index contributed by atoms with van der Waals surface area (Å²) >= 11 is 0. The standard InChI is InChI=1S/C51H42N4/c1-32-24-34-26-33(2)51(42(25-32)27-34)46-29-38(20-22-44(46)45-23-21-39(30-47(45)51)43-19-10-9-16-41(43)31-52)37-17-11-18-40(28-37)50-54-48(35-12-5-3-6-13-35)53-49(55-50)36-14-7-4-8-15-36/h3-23,28-30,32-34,42H,24-27H2,1-2H3. The SMILES string of the molecule is CC1CC2CC(C)C3(c4cc(-c5cccc(-c6nc(-c7ccccc7)nc(-c7ccccc7)n6)c5)ccc4-c4ccc(-c5ccccc5C#N)cc43)C(C1)C2. The van der Waals surface area contributed by atoms with E-state index in [0.29, 0.717) is 35.2 Å². The molecule has 4 heteroatoms. The summed E-state index contributed by atoms with van der Waals surface area (Å²) in [5, 5.41) is 10.0. The minimum atomic E-state index is -0.0928. The number of hydrogen-bond donors (Lipinski definition) is 0. The lowest BCUT2D eigenvalue weighted by Gasteiger charge is -2.54. The van der Waals surface area contributed by atoms with E-state index in [0.717, 1.165) is 44.9 Å². The molecule has 3 aliphatic carbocycles. The number of nitriles is 1. The topological polar surface area (TPSA) is 62.5 Å². The average molecular weight is 711 g/mol. The highest BCUT2D eigenvalue weighted by Gasteiger charge is 2.56. The van der Waals surface area contributed by atoms with Gasteiger partial charge in [-0.1, -0.05) is 135 Å². The van der Waals surface area contributed by atoms with Crippen molar-refractivity contribution in [3.05, 3.63) is 162 Å². The van der Waals surface area contributed by atoms with Gasteiger partial charge >= 0.3 is 0 Å². The summed E-state index contributed by atoms with van der Waals surface area (Å²) in [7, 11) is 0. The smallest absolute Gasteiger partial charge is 0.164 e. The van der Waals surface area contributed by atoms with E-state index < -0.39 is 0 Å². The molecule has 55 heavy (non-hydrogen) atoms. The maximum Gasteiger partial charge on any atom is 0.164 e. The van der Waals surface area contributed by atoms with Crippen LogP contribution in [0.4, 0.5) is 0 Å². The molecular formula is C51H42N4. The first-order chi connectivity index (χ1) is 27.0. The molecule has 0 N–H and O–H groups in total. The fraction of sp³-hybridized carbons (Fsp3) is 0.216. The maximum absolute atomic E-state index is 10.0. The number of aromatic nitrogens is 3. The van der Waals surface area contributed by atoms with Crippen molar-refractivity contribution < 1.29 is 0 Å². The molecule has 0 amide bonds. The molecule has 6 aromatic carbocycles. The van der Waals surface area contributed by atoms with Crippen molar-refractivity contribution >= 4 is 0 Å². The van der Waals surface area contributed by atoms with Crippen LogP contribution in [0.2, 0.25) is 0 Å². The lowest BCUT2D eigenvalue weighted by Crippen LogP contribution is -2.49. The van der Waals surface area contributed by atoms with Gasteiger partial charge in [-0.25, -0.2) is 15.0 Å². The van der Waals surface area contributed by atoms with E-state index in [2.05, 4.69) is 111 Å². The second-order valence-electron chi connectivity index (χ2n) is 16.2. The van der Waals surface area contributed by atoms with Gasteiger partial charge in [0.05, 0.1) is 11.6 Å². The highest BCUT2D eigenvalue weighted by molar-refractivity contribution is 5.87. The van der Waals surface area contributed by atoms with Crippen LogP contribution in [0.3, 0.4) is 0 Å². The van der Waals surface area contributed by atoms with Crippen LogP contribution in [0, 0.1) is 35.0 Å². The van der Waals surface area contributed by atoms with Gasteiger partial charge in [0, 0.05) is 22.1 Å². The summed E-state index contributed by atoms with van der Waals surface area (Å²) in [6.07, 6.45) is 5.10. The number of hydrogen-bond acceptors (Lipinski definition) is 4. The summed E-state index contributed by atoms with van der Waals surface area (Å²) < 4.78 is 0. The third-order valence-electron chi connectivity index (χ3n) is 12.9. The molecule has 7 aromatic rings. The monoisotopic (exact) mass is 710 g/mol. The molecule has 1 spiro atoms. The molecule has 0 aliphatic heterocycles. The summed E-state index contributed by atoms with van der Waals surface area (Å²) in [4.78, 5) is 15.0. The van der Waals surface area contributed by atoms with E-state index >= 15 is 0 Å². The van der Waals surface area contributed by atoms with Crippen molar-refractivity contribution in [1.29, 1.82) is 5.26 Å². The van der Waals surface area contributed by atoms with Gasteiger partial charge in [-0.05, 0) is 118 Å². The molecule has 1 heterocycles. The lowest BCUT2D eigenvalue weighted by atomic mass is 9.49. The van der Waals surface area contributed by atoms with Crippen LogP contribution in [0.25, 0.3) is 67.5 Å². The number of rotatable bonds is 5. The quantitative estimate of drug-likeness (QED) is 0.178. The minimum absolute atomic E-state index is 0.0928. The number of fused-ring (bicyclic) bond motifs is 8. The lowest BCUT2D eigenvalue weighted by molar-refractivity contribution is 0.0426. The Balaban J connectivity index is 1.12. The van der Waals surface area contributed by atoms with Crippen LogP contribution >= 0.6 is 0 Å². The summed E-state index contributed by atoms with van der Waals surface area (Å²) in [5.74, 6) is 4.53. The molecule has 2 bridgehead atoms. The van der Waals surface area contributed by atoms with E-state index in [1.807, 2.05) is 54.6 Å². The van der Waals surface area contributed by atoms with Gasteiger partial charge < -0.3 is 0 Å². The Hall–Kier alpha value is -6.18. The first-order valence-electron chi connectivity index (χ1n) is 19.8. The second-order valence-corrected chi connectivity index (χ2v) is 16.2. The molecule has 0 radical (unpaired) electrons. The van der Waals surface area contributed by atoms with Crippen LogP contribution < -0.4 is 0 Å². The van der Waals surface area contributed by atoms with Crippen LogP contribution in [0.1, 0.15) is 56.2 Å². The highest BCUT2D eigenvalue weighted by atomic mass is 15.0. The zero-order valence-electron chi connectivity index (χ0n) is 31.3. The fourth-order valence-electron chi connectivity index (χ4n) is 10.7. The highest BCUT2D eigenvalue weighted by Crippen LogP contribution is 2.65. The van der Waals surface area contributed by atoms with Crippen molar-refractivity contribution in [2.45, 2.75) is 44.9 Å². The third kappa shape index (κ3) is 5.52. The van der Waals surface area contributed by atoms with E-state index in [-0.39, 0.29) is 5.41 Å². The molecule has 4 nitrogen and oxygen atoms in total. The molecular weight excluding hydrogens is 669 g/mol. The Morgan fingerprint density at radius 1 is 0.491 bits per heavy atom. The summed E-state index contributed by atoms with van der Waals surface area (Å²) in [6, 6.07) is 53.8. The molecule has 10 rings (SSSR count). The number of benzene rings is 6. The Bertz CT molecular complexity index is 2560. The van der Waals surface area contributed by atoms with Gasteiger partial charge in [0.1, 0.15) is 0 Å². The van der Waals surface area contributed by atoms with Gasteiger partial charge in [0.2, 0.25) is 0 Å². The van der Waals surface area contributed by atoms with Crippen LogP contribution in [0.15, 0.2) is 146 Å². The predicted molar refractivity (Wildman–Crippen MR) is 222 cm³/mol. The minimum Gasteiger partial charge on any atom is -0.208 e. The molecule has 5 unspecified atom stereocenters. The van der Waals surface area contributed by atoms with Crippen LogP contribution in [-0.2, 0) is 5.41 Å². The molecule has 2 saturated carbocycles. The van der Waals surface area contributed by atoms with E-state index in [4.69, 9.17) is 15.0 Å². The molecule has 2 fully saturated rings. The third-order valence-corrected chi connectivity index (χ3v) is 12.9. The molecule has 0 saturated heterocycles. The van der Waals surface area contributed by atoms with E-state index in [9.17, 15) is 5.26 Å². The van der Waals surface area contributed by atoms with E-state index in [1.54, 1.807) is 0 Å². The zero-order valence-corrected chi connectivity index (χ0v) is 31.3. The van der Waals surface area contributed by atoms with Gasteiger partial charge in [0.15, 0.2) is 17.5 Å². The van der Waals surface area contributed by atoms with Crippen molar-refractivity contribution in [3.8, 4) is 73.6 Å². The predicted octanol–water partition coefficient (Wildman–Crippen LogP) is 12.4. The molecule has 3 aliphatic rings. The van der Waals surface area contributed by atoms with Crippen LogP contribution in [0.5, 0.6) is 0 Å². The Kier molecular flexibility index (Phi) is 8.07. The van der Waals surface area contributed by atoms with Crippen molar-refractivity contribution in [1.82, 2.24) is 15.0 Å². The molecule has 1 aromatic heterocycles. The Morgan fingerprint density at radius 3 is 1.71 bits per heavy atom. The average Bonchev–Trinajstić information content (AvgIpc) is 3.53. The number of nitrogens with zero attached hydrogens (tertiary/aromatic N) is 4. The largest absolute Gasteiger partial charge is 0.208 e. The van der Waals surface area contributed by atoms with Gasteiger partial charge in [-0.15, -0.1) is 0 Å². The van der Waals surface area contributed by atoms with Crippen molar-refractivity contribution in [2.75, 3.05) is 0 Å². The van der Waals surface area contributed by atoms with Crippen molar-refractivity contribution in [2.24, 2.45) is 23.7 Å². The summed E-state index contributed by atoms with van der Waals surface area (Å²) in [6.45, 7) is 4.99. The molecule has 266 valence electrons. The van der Waals surface area contributed by atoms with Crippen molar-refractivity contribution in [3.63, 3.8) is 0 Å². The van der Waals surface area contributed by atoms with Gasteiger partial charge in [0.25, 0.3) is 0 Å².